The number of hydrogen-bond donors (Lipinski definition) is 2. The predicted octanol–water partition coefficient (Wildman–Crippen LogP) is 2.88. The van der Waals surface area contributed by atoms with Gasteiger partial charge in [0.2, 0.25) is 0 Å². The summed E-state index contributed by atoms with van der Waals surface area (Å²) in [5, 5.41) is 17.3. The molecule has 0 radical (unpaired) electrons. The smallest absolute Gasteiger partial charge is 0.178 e. The summed E-state index contributed by atoms with van der Waals surface area (Å²) in [5.74, 6) is 0.713. The third kappa shape index (κ3) is 5.07. The number of benzene rings is 1. The molecule has 5 nitrogen and oxygen atoms in total. The zero-order chi connectivity index (χ0) is 13.0. The molecule has 2 rings (SSSR count). The molecule has 19 heavy (non-hydrogen) atoms. The van der Waals surface area contributed by atoms with Gasteiger partial charge in [-0.25, -0.2) is 0 Å². The molecule has 1 aromatic heterocycles. The van der Waals surface area contributed by atoms with E-state index < -0.39 is 0 Å². The van der Waals surface area contributed by atoms with E-state index >= 15 is 0 Å². The van der Waals surface area contributed by atoms with Crippen molar-refractivity contribution in [3.8, 4) is 0 Å². The summed E-state index contributed by atoms with van der Waals surface area (Å²) in [6.45, 7) is 7.59. The zero-order valence-corrected chi connectivity index (χ0v) is 11.1. The van der Waals surface area contributed by atoms with Gasteiger partial charge in [-0.2, -0.15) is 5.21 Å². The molecule has 0 aliphatic rings. The lowest BCUT2D eigenvalue weighted by Crippen LogP contribution is -2.18. The van der Waals surface area contributed by atoms with E-state index in [1.807, 2.05) is 0 Å². The predicted molar refractivity (Wildman–Crippen MR) is 78.1 cm³/mol. The molecule has 0 saturated carbocycles. The van der Waals surface area contributed by atoms with Crippen LogP contribution in [0.4, 0.5) is 5.69 Å². The Kier molecular flexibility index (Phi) is 5.03. The average molecular weight is 261 g/mol. The van der Waals surface area contributed by atoms with Crippen LogP contribution in [0.25, 0.3) is 0 Å². The Hall–Kier alpha value is -1.91. The highest BCUT2D eigenvalue weighted by molar-refractivity contribution is 5.45. The zero-order valence-electron chi connectivity index (χ0n) is 11.1. The van der Waals surface area contributed by atoms with E-state index in [4.69, 9.17) is 0 Å². The number of nitrogens with one attached hydrogen (secondary N) is 2. The maximum atomic E-state index is 3.94. The standard InChI is InChI=1S/C13H19N5.CH4/c1-13(2,3)9-14-11-6-4-10(5-7-11)8-12-15-17-18-16-12;/h4-7,14H,8-9H2,1-3H3,(H,15,16,17,18);1H4. The fraction of sp³-hybridized carbons (Fsp3) is 0.500. The largest absolute Gasteiger partial charge is 0.385 e. The van der Waals surface area contributed by atoms with Crippen molar-refractivity contribution in [1.29, 1.82) is 0 Å². The van der Waals surface area contributed by atoms with Gasteiger partial charge >= 0.3 is 0 Å². The summed E-state index contributed by atoms with van der Waals surface area (Å²) in [7, 11) is 0. The van der Waals surface area contributed by atoms with E-state index in [0.29, 0.717) is 12.2 Å². The fourth-order valence-electron chi connectivity index (χ4n) is 1.55. The minimum absolute atomic E-state index is 0. The number of hydrogen-bond acceptors (Lipinski definition) is 4. The maximum absolute atomic E-state index is 3.94. The van der Waals surface area contributed by atoms with Gasteiger partial charge in [-0.1, -0.05) is 45.5 Å². The molecular weight excluding hydrogens is 238 g/mol. The SMILES string of the molecule is C.CC(C)(C)CNc1ccc(Cc2nn[nH]n2)cc1. The van der Waals surface area contributed by atoms with Crippen LogP contribution < -0.4 is 5.32 Å². The first-order valence-electron chi connectivity index (χ1n) is 6.08. The van der Waals surface area contributed by atoms with Gasteiger partial charge in [0.05, 0.1) is 0 Å². The molecule has 1 heterocycles. The molecule has 0 amide bonds. The van der Waals surface area contributed by atoms with Crippen molar-refractivity contribution >= 4 is 5.69 Å². The fourth-order valence-corrected chi connectivity index (χ4v) is 1.55. The van der Waals surface area contributed by atoms with Gasteiger partial charge in [-0.05, 0) is 23.1 Å². The molecule has 0 saturated heterocycles. The molecule has 1 aromatic carbocycles. The number of tetrazole rings is 1. The van der Waals surface area contributed by atoms with Crippen molar-refractivity contribution in [3.63, 3.8) is 0 Å². The van der Waals surface area contributed by atoms with Gasteiger partial charge in [0.1, 0.15) is 0 Å². The first-order valence-corrected chi connectivity index (χ1v) is 6.08. The Morgan fingerprint density at radius 2 is 1.84 bits per heavy atom. The number of aromatic nitrogens is 4. The monoisotopic (exact) mass is 261 g/mol. The third-order valence-corrected chi connectivity index (χ3v) is 2.53. The number of anilines is 1. The van der Waals surface area contributed by atoms with Gasteiger partial charge in [0.15, 0.2) is 5.82 Å². The van der Waals surface area contributed by atoms with Crippen LogP contribution in [0.3, 0.4) is 0 Å². The van der Waals surface area contributed by atoms with E-state index in [1.165, 1.54) is 5.56 Å². The second-order valence-electron chi connectivity index (χ2n) is 5.62. The van der Waals surface area contributed by atoms with Gasteiger partial charge in [-0.15, -0.1) is 10.2 Å². The molecule has 2 N–H and O–H groups in total. The molecule has 0 unspecified atom stereocenters. The van der Waals surface area contributed by atoms with Gasteiger partial charge < -0.3 is 5.32 Å². The van der Waals surface area contributed by atoms with Crippen molar-refractivity contribution in [2.45, 2.75) is 34.6 Å². The number of nitrogens with zero attached hydrogens (tertiary/aromatic N) is 3. The summed E-state index contributed by atoms with van der Waals surface area (Å²) in [5.41, 5.74) is 2.60. The first-order chi connectivity index (χ1) is 8.53. The molecule has 0 bridgehead atoms. The van der Waals surface area contributed by atoms with E-state index in [9.17, 15) is 0 Å². The van der Waals surface area contributed by atoms with Crippen molar-refractivity contribution in [2.75, 3.05) is 11.9 Å². The molecule has 104 valence electrons. The van der Waals surface area contributed by atoms with Crippen LogP contribution in [-0.2, 0) is 6.42 Å². The quantitative estimate of drug-likeness (QED) is 0.888. The molecule has 0 fully saturated rings. The van der Waals surface area contributed by atoms with Crippen LogP contribution >= 0.6 is 0 Å². The minimum atomic E-state index is 0. The Morgan fingerprint density at radius 3 is 2.37 bits per heavy atom. The minimum Gasteiger partial charge on any atom is -0.385 e. The van der Waals surface area contributed by atoms with Crippen LogP contribution in [0.2, 0.25) is 0 Å². The molecule has 0 aliphatic heterocycles. The Labute approximate surface area is 114 Å². The highest BCUT2D eigenvalue weighted by atomic mass is 15.5. The van der Waals surface area contributed by atoms with Crippen molar-refractivity contribution in [3.05, 3.63) is 35.7 Å². The van der Waals surface area contributed by atoms with Crippen LogP contribution in [-0.4, -0.2) is 27.2 Å². The summed E-state index contributed by atoms with van der Waals surface area (Å²) in [6.07, 6.45) is 0.704. The second kappa shape index (κ2) is 6.31. The lowest BCUT2D eigenvalue weighted by atomic mass is 9.97. The van der Waals surface area contributed by atoms with Crippen molar-refractivity contribution in [1.82, 2.24) is 20.6 Å². The highest BCUT2D eigenvalue weighted by Gasteiger charge is 2.09. The van der Waals surface area contributed by atoms with Crippen molar-refractivity contribution in [2.24, 2.45) is 5.41 Å². The highest BCUT2D eigenvalue weighted by Crippen LogP contribution is 2.16. The first kappa shape index (κ1) is 15.1. The number of rotatable bonds is 4. The molecule has 2 aromatic rings. The Morgan fingerprint density at radius 1 is 1.16 bits per heavy atom. The summed E-state index contributed by atoms with van der Waals surface area (Å²) in [6, 6.07) is 8.34. The summed E-state index contributed by atoms with van der Waals surface area (Å²) >= 11 is 0. The number of aromatic amines is 1. The number of H-pyrrole nitrogens is 1. The summed E-state index contributed by atoms with van der Waals surface area (Å²) in [4.78, 5) is 0. The van der Waals surface area contributed by atoms with E-state index in [2.05, 4.69) is 71.0 Å². The topological polar surface area (TPSA) is 66.5 Å². The molecule has 0 aliphatic carbocycles. The lowest BCUT2D eigenvalue weighted by molar-refractivity contribution is 0.443. The summed E-state index contributed by atoms with van der Waals surface area (Å²) < 4.78 is 0. The average Bonchev–Trinajstić information content (AvgIpc) is 2.80. The van der Waals surface area contributed by atoms with Crippen LogP contribution in [0, 0.1) is 5.41 Å². The van der Waals surface area contributed by atoms with Crippen LogP contribution in [0.5, 0.6) is 0 Å². The molecule has 5 heteroatoms. The molecular formula is C14H23N5. The van der Waals surface area contributed by atoms with Crippen molar-refractivity contribution < 1.29 is 0 Å². The molecule has 0 spiro atoms. The lowest BCUT2D eigenvalue weighted by Gasteiger charge is -2.19. The van der Waals surface area contributed by atoms with Gasteiger partial charge in [0.25, 0.3) is 0 Å². The maximum Gasteiger partial charge on any atom is 0.178 e. The van der Waals surface area contributed by atoms with E-state index in [-0.39, 0.29) is 12.8 Å². The van der Waals surface area contributed by atoms with Crippen LogP contribution in [0.15, 0.2) is 24.3 Å². The Balaban J connectivity index is 0.00000180. The Bertz CT molecular complexity index is 468. The van der Waals surface area contributed by atoms with Gasteiger partial charge in [0, 0.05) is 18.7 Å². The second-order valence-corrected chi connectivity index (χ2v) is 5.62. The molecule has 0 atom stereocenters. The van der Waals surface area contributed by atoms with E-state index in [0.717, 1.165) is 12.2 Å². The normalized spacial score (nSPS) is 10.9. The third-order valence-electron chi connectivity index (χ3n) is 2.53. The van der Waals surface area contributed by atoms with Gasteiger partial charge in [-0.3, -0.25) is 0 Å². The van der Waals surface area contributed by atoms with Crippen LogP contribution in [0.1, 0.15) is 39.6 Å². The van der Waals surface area contributed by atoms with E-state index in [1.54, 1.807) is 0 Å².